The molecule has 1 heterocycles. The topological polar surface area (TPSA) is 66.3 Å². The molecule has 1 aliphatic carbocycles. The monoisotopic (exact) mass is 315 g/mol. The minimum absolute atomic E-state index is 0.184. The summed E-state index contributed by atoms with van der Waals surface area (Å²) in [6.45, 7) is 0.219. The second-order valence-electron chi connectivity index (χ2n) is 6.45. The molecule has 1 unspecified atom stereocenters. The number of aliphatic hydroxyl groups is 1. The lowest BCUT2D eigenvalue weighted by molar-refractivity contribution is 0.172. The lowest BCUT2D eigenvalue weighted by Gasteiger charge is -2.23. The molecule has 2 aromatic rings. The molecule has 1 saturated carbocycles. The lowest BCUT2D eigenvalue weighted by Crippen LogP contribution is -2.44. The zero-order chi connectivity index (χ0) is 16.2. The Hall–Kier alpha value is -2.01. The molecule has 23 heavy (non-hydrogen) atoms. The van der Waals surface area contributed by atoms with Gasteiger partial charge in [-0.2, -0.15) is 0 Å². The van der Waals surface area contributed by atoms with Crippen LogP contribution in [0.15, 0.2) is 30.5 Å². The van der Waals surface area contributed by atoms with Crippen molar-refractivity contribution >= 4 is 16.9 Å². The van der Waals surface area contributed by atoms with Gasteiger partial charge >= 0.3 is 6.03 Å². The van der Waals surface area contributed by atoms with Gasteiger partial charge in [-0.05, 0) is 42.0 Å². The molecule has 2 amide bonds. The second kappa shape index (κ2) is 7.04. The minimum Gasteiger partial charge on any atom is -0.387 e. The van der Waals surface area contributed by atoms with Crippen molar-refractivity contribution in [3.63, 3.8) is 0 Å². The van der Waals surface area contributed by atoms with Crippen LogP contribution >= 0.6 is 0 Å². The number of rotatable bonds is 4. The van der Waals surface area contributed by atoms with Gasteiger partial charge in [-0.1, -0.05) is 25.3 Å². The summed E-state index contributed by atoms with van der Waals surface area (Å²) in [5, 5.41) is 17.2. The summed E-state index contributed by atoms with van der Waals surface area (Å²) in [4.78, 5) is 11.9. The number of hydrogen-bond acceptors (Lipinski definition) is 2. The van der Waals surface area contributed by atoms with Gasteiger partial charge in [0.15, 0.2) is 0 Å². The number of aliphatic hydroxyl groups excluding tert-OH is 1. The third-order valence-corrected chi connectivity index (χ3v) is 4.69. The number of hydrogen-bond donors (Lipinski definition) is 3. The molecule has 124 valence electrons. The van der Waals surface area contributed by atoms with Crippen LogP contribution in [0.5, 0.6) is 0 Å². The Morgan fingerprint density at radius 3 is 2.87 bits per heavy atom. The molecular weight excluding hydrogens is 290 g/mol. The quantitative estimate of drug-likeness (QED) is 0.812. The van der Waals surface area contributed by atoms with Gasteiger partial charge in [-0.25, -0.2) is 4.79 Å². The smallest absolute Gasteiger partial charge is 0.315 e. The van der Waals surface area contributed by atoms with Crippen molar-refractivity contribution in [2.24, 2.45) is 7.05 Å². The predicted octanol–water partition coefficient (Wildman–Crippen LogP) is 2.84. The fraction of sp³-hybridized carbons (Fsp3) is 0.500. The van der Waals surface area contributed by atoms with Crippen LogP contribution in [0.4, 0.5) is 4.79 Å². The van der Waals surface area contributed by atoms with E-state index in [9.17, 15) is 9.90 Å². The summed E-state index contributed by atoms with van der Waals surface area (Å²) >= 11 is 0. The van der Waals surface area contributed by atoms with Gasteiger partial charge in [-0.15, -0.1) is 0 Å². The summed E-state index contributed by atoms with van der Waals surface area (Å²) in [5.74, 6) is 0. The second-order valence-corrected chi connectivity index (χ2v) is 6.45. The molecule has 1 aromatic heterocycles. The van der Waals surface area contributed by atoms with Crippen LogP contribution in [0.2, 0.25) is 0 Å². The SMILES string of the molecule is Cn1ccc2cc(C(O)CNC(=O)NC3CCCCC3)ccc21. The molecule has 1 aliphatic rings. The molecule has 0 saturated heterocycles. The summed E-state index contributed by atoms with van der Waals surface area (Å²) in [5.41, 5.74) is 1.95. The molecule has 1 atom stereocenters. The number of aryl methyl sites for hydroxylation is 1. The van der Waals surface area contributed by atoms with Gasteiger partial charge in [0.05, 0.1) is 6.10 Å². The van der Waals surface area contributed by atoms with E-state index in [4.69, 9.17) is 0 Å². The average Bonchev–Trinajstić information content (AvgIpc) is 2.94. The van der Waals surface area contributed by atoms with E-state index in [2.05, 4.69) is 10.6 Å². The maximum absolute atomic E-state index is 11.9. The van der Waals surface area contributed by atoms with Crippen molar-refractivity contribution in [1.29, 1.82) is 0 Å². The molecule has 1 fully saturated rings. The first-order valence-electron chi connectivity index (χ1n) is 8.41. The van der Waals surface area contributed by atoms with E-state index in [0.29, 0.717) is 0 Å². The Labute approximate surface area is 136 Å². The number of benzene rings is 1. The molecule has 1 aromatic carbocycles. The highest BCUT2D eigenvalue weighted by Crippen LogP contribution is 2.21. The number of aromatic nitrogens is 1. The molecule has 0 bridgehead atoms. The Bertz CT molecular complexity index is 674. The molecule has 0 aliphatic heterocycles. The highest BCUT2D eigenvalue weighted by molar-refractivity contribution is 5.81. The molecule has 3 N–H and O–H groups in total. The minimum atomic E-state index is -0.697. The van der Waals surface area contributed by atoms with Crippen molar-refractivity contribution < 1.29 is 9.90 Å². The van der Waals surface area contributed by atoms with E-state index < -0.39 is 6.10 Å². The van der Waals surface area contributed by atoms with Crippen molar-refractivity contribution in [1.82, 2.24) is 15.2 Å². The van der Waals surface area contributed by atoms with Crippen LogP contribution in [-0.2, 0) is 7.05 Å². The molecule has 3 rings (SSSR count). The van der Waals surface area contributed by atoms with Gasteiger partial charge in [0.1, 0.15) is 0 Å². The van der Waals surface area contributed by atoms with Crippen LogP contribution in [0.1, 0.15) is 43.8 Å². The first kappa shape index (κ1) is 15.9. The molecule has 5 nitrogen and oxygen atoms in total. The van der Waals surface area contributed by atoms with E-state index in [1.54, 1.807) is 0 Å². The summed E-state index contributed by atoms with van der Waals surface area (Å²) in [6.07, 6.45) is 7.05. The summed E-state index contributed by atoms with van der Waals surface area (Å²) in [7, 11) is 2.00. The zero-order valence-corrected chi connectivity index (χ0v) is 13.6. The Balaban J connectivity index is 1.53. The number of nitrogens with zero attached hydrogens (tertiary/aromatic N) is 1. The fourth-order valence-electron chi connectivity index (χ4n) is 3.30. The third-order valence-electron chi connectivity index (χ3n) is 4.69. The van der Waals surface area contributed by atoms with Crippen molar-refractivity contribution in [3.05, 3.63) is 36.0 Å². The van der Waals surface area contributed by atoms with Crippen molar-refractivity contribution in [3.8, 4) is 0 Å². The number of urea groups is 1. The highest BCUT2D eigenvalue weighted by atomic mass is 16.3. The van der Waals surface area contributed by atoms with Crippen LogP contribution in [-0.4, -0.2) is 28.3 Å². The van der Waals surface area contributed by atoms with Crippen molar-refractivity contribution in [2.75, 3.05) is 6.54 Å². The maximum Gasteiger partial charge on any atom is 0.315 e. The molecule has 0 spiro atoms. The Kier molecular flexibility index (Phi) is 4.86. The molecule has 5 heteroatoms. The molecule has 0 radical (unpaired) electrons. The third kappa shape index (κ3) is 3.85. The number of fused-ring (bicyclic) bond motifs is 1. The normalized spacial score (nSPS) is 17.1. The lowest BCUT2D eigenvalue weighted by atomic mass is 9.96. The van der Waals surface area contributed by atoms with Crippen LogP contribution < -0.4 is 10.6 Å². The van der Waals surface area contributed by atoms with Crippen LogP contribution in [0.25, 0.3) is 10.9 Å². The number of carbonyl (C=O) groups excluding carboxylic acids is 1. The highest BCUT2D eigenvalue weighted by Gasteiger charge is 2.16. The standard InChI is InChI=1S/C18H25N3O2/c1-21-10-9-13-11-14(7-8-16(13)21)17(22)12-19-18(23)20-15-5-3-2-4-6-15/h7-11,15,17,22H,2-6,12H2,1H3,(H2,19,20,23). The van der Waals surface area contributed by atoms with Gasteiger partial charge in [0, 0.05) is 31.3 Å². The van der Waals surface area contributed by atoms with E-state index in [1.807, 2.05) is 42.1 Å². The maximum atomic E-state index is 11.9. The van der Waals surface area contributed by atoms with Gasteiger partial charge in [-0.3, -0.25) is 0 Å². The largest absolute Gasteiger partial charge is 0.387 e. The summed E-state index contributed by atoms with van der Waals surface area (Å²) in [6, 6.07) is 8.00. The van der Waals surface area contributed by atoms with Crippen molar-refractivity contribution in [2.45, 2.75) is 44.2 Å². The Morgan fingerprint density at radius 1 is 1.30 bits per heavy atom. The first-order chi connectivity index (χ1) is 11.1. The predicted molar refractivity (Wildman–Crippen MR) is 91.3 cm³/mol. The van der Waals surface area contributed by atoms with Crippen LogP contribution in [0.3, 0.4) is 0 Å². The van der Waals surface area contributed by atoms with Gasteiger partial charge in [0.2, 0.25) is 0 Å². The van der Waals surface area contributed by atoms with E-state index in [1.165, 1.54) is 19.3 Å². The number of nitrogens with one attached hydrogen (secondary N) is 2. The summed E-state index contributed by atoms with van der Waals surface area (Å²) < 4.78 is 2.04. The number of amides is 2. The first-order valence-corrected chi connectivity index (χ1v) is 8.41. The van der Waals surface area contributed by atoms with E-state index in [-0.39, 0.29) is 18.6 Å². The molecular formula is C18H25N3O2. The average molecular weight is 315 g/mol. The van der Waals surface area contributed by atoms with Gasteiger partial charge < -0.3 is 20.3 Å². The Morgan fingerprint density at radius 2 is 2.09 bits per heavy atom. The number of carbonyl (C=O) groups is 1. The van der Waals surface area contributed by atoms with Gasteiger partial charge in [0.25, 0.3) is 0 Å². The van der Waals surface area contributed by atoms with E-state index >= 15 is 0 Å². The fourth-order valence-corrected chi connectivity index (χ4v) is 3.30. The zero-order valence-electron chi connectivity index (χ0n) is 13.6. The van der Waals surface area contributed by atoms with E-state index in [0.717, 1.165) is 29.3 Å². The van der Waals surface area contributed by atoms with Crippen LogP contribution in [0, 0.1) is 0 Å².